The molecule has 5 heteroatoms. The molecule has 0 spiro atoms. The Labute approximate surface area is 120 Å². The van der Waals surface area contributed by atoms with E-state index in [4.69, 9.17) is 12.2 Å². The average Bonchev–Trinajstić information content (AvgIpc) is 2.99. The van der Waals surface area contributed by atoms with Crippen LogP contribution in [0.25, 0.3) is 10.2 Å². The molecular formula is C14H16N2OS2. The number of nitrogens with zero attached hydrogens (tertiary/aromatic N) is 1. The number of aryl methyl sites for hydroxylation is 2. The minimum absolute atomic E-state index is 0.0393. The SMILES string of the molecule is CC1(n2c(=S)[nH]c3sc4c(c3c2=O)CCCC4)CC1. The second-order valence-corrected chi connectivity index (χ2v) is 7.47. The van der Waals surface area contributed by atoms with E-state index in [1.54, 1.807) is 11.3 Å². The predicted molar refractivity (Wildman–Crippen MR) is 80.8 cm³/mol. The summed E-state index contributed by atoms with van der Waals surface area (Å²) in [7, 11) is 0. The molecule has 0 saturated heterocycles. The first-order valence-electron chi connectivity index (χ1n) is 6.90. The number of rotatable bonds is 1. The van der Waals surface area contributed by atoms with Gasteiger partial charge in [-0.3, -0.25) is 9.36 Å². The number of aromatic nitrogens is 2. The summed E-state index contributed by atoms with van der Waals surface area (Å²) in [6.07, 6.45) is 6.72. The van der Waals surface area contributed by atoms with Crippen LogP contribution in [0, 0.1) is 4.77 Å². The minimum Gasteiger partial charge on any atom is -0.323 e. The van der Waals surface area contributed by atoms with Gasteiger partial charge in [0.25, 0.3) is 5.56 Å². The van der Waals surface area contributed by atoms with Gasteiger partial charge in [0.15, 0.2) is 4.77 Å². The lowest BCUT2D eigenvalue weighted by molar-refractivity contribution is 0.502. The molecule has 0 bridgehead atoms. The van der Waals surface area contributed by atoms with Crippen LogP contribution in [0.2, 0.25) is 0 Å². The number of aromatic amines is 1. The fraction of sp³-hybridized carbons (Fsp3) is 0.571. The van der Waals surface area contributed by atoms with Crippen LogP contribution in [0.3, 0.4) is 0 Å². The fourth-order valence-corrected chi connectivity index (χ4v) is 4.88. The lowest BCUT2D eigenvalue weighted by Crippen LogP contribution is -2.30. The molecule has 3 nitrogen and oxygen atoms in total. The Morgan fingerprint density at radius 3 is 2.79 bits per heavy atom. The van der Waals surface area contributed by atoms with Crippen LogP contribution in [0.4, 0.5) is 0 Å². The Balaban J connectivity index is 2.11. The third-order valence-corrected chi connectivity index (χ3v) is 6.02. The van der Waals surface area contributed by atoms with Gasteiger partial charge in [0.1, 0.15) is 4.83 Å². The summed E-state index contributed by atoms with van der Waals surface area (Å²) >= 11 is 7.14. The molecule has 100 valence electrons. The molecule has 2 heterocycles. The number of hydrogen-bond acceptors (Lipinski definition) is 3. The van der Waals surface area contributed by atoms with Crippen molar-refractivity contribution in [3.63, 3.8) is 0 Å². The molecule has 0 amide bonds. The Morgan fingerprint density at radius 2 is 2.05 bits per heavy atom. The number of hydrogen-bond donors (Lipinski definition) is 1. The fourth-order valence-electron chi connectivity index (χ4n) is 3.13. The van der Waals surface area contributed by atoms with Gasteiger partial charge >= 0.3 is 0 Å². The second-order valence-electron chi connectivity index (χ2n) is 5.98. The zero-order valence-corrected chi connectivity index (χ0v) is 12.5. The van der Waals surface area contributed by atoms with E-state index in [0.29, 0.717) is 4.77 Å². The molecule has 2 aliphatic rings. The van der Waals surface area contributed by atoms with E-state index in [-0.39, 0.29) is 11.1 Å². The topological polar surface area (TPSA) is 37.8 Å². The van der Waals surface area contributed by atoms with E-state index in [9.17, 15) is 4.79 Å². The van der Waals surface area contributed by atoms with Crippen LogP contribution in [-0.2, 0) is 18.4 Å². The molecule has 2 aliphatic carbocycles. The normalized spacial score (nSPS) is 20.5. The number of nitrogens with one attached hydrogen (secondary N) is 1. The summed E-state index contributed by atoms with van der Waals surface area (Å²) in [5.74, 6) is 0. The molecule has 0 unspecified atom stereocenters. The smallest absolute Gasteiger partial charge is 0.263 e. The van der Waals surface area contributed by atoms with Gasteiger partial charge in [0.05, 0.1) is 5.39 Å². The van der Waals surface area contributed by atoms with Gasteiger partial charge in [-0.05, 0) is 63.2 Å². The molecule has 19 heavy (non-hydrogen) atoms. The minimum atomic E-state index is -0.0393. The summed E-state index contributed by atoms with van der Waals surface area (Å²) < 4.78 is 2.42. The molecule has 1 saturated carbocycles. The highest BCUT2D eigenvalue weighted by atomic mass is 32.1. The van der Waals surface area contributed by atoms with Crippen molar-refractivity contribution in [3.05, 3.63) is 25.6 Å². The van der Waals surface area contributed by atoms with Gasteiger partial charge in [-0.2, -0.15) is 0 Å². The third kappa shape index (κ3) is 1.61. The Kier molecular flexibility index (Phi) is 2.37. The van der Waals surface area contributed by atoms with Crippen molar-refractivity contribution in [2.24, 2.45) is 0 Å². The lowest BCUT2D eigenvalue weighted by atomic mass is 9.97. The van der Waals surface area contributed by atoms with Crippen LogP contribution in [0.5, 0.6) is 0 Å². The van der Waals surface area contributed by atoms with E-state index in [2.05, 4.69) is 11.9 Å². The van der Waals surface area contributed by atoms with E-state index < -0.39 is 0 Å². The van der Waals surface area contributed by atoms with Crippen LogP contribution < -0.4 is 5.56 Å². The maximum absolute atomic E-state index is 12.9. The van der Waals surface area contributed by atoms with Crippen molar-refractivity contribution in [1.82, 2.24) is 9.55 Å². The molecular weight excluding hydrogens is 276 g/mol. The number of fused-ring (bicyclic) bond motifs is 3. The van der Waals surface area contributed by atoms with Crippen LogP contribution in [0.1, 0.15) is 43.0 Å². The summed E-state index contributed by atoms with van der Waals surface area (Å²) in [5.41, 5.74) is 1.39. The standard InChI is InChI=1S/C14H16N2OS2/c1-14(6-7-14)16-12(17)10-8-4-2-3-5-9(8)19-11(10)15-13(16)18/h2-7H2,1H3,(H,15,18). The Hall–Kier alpha value is -0.940. The quantitative estimate of drug-likeness (QED) is 0.817. The van der Waals surface area contributed by atoms with E-state index in [1.807, 2.05) is 4.57 Å². The summed E-state index contributed by atoms with van der Waals surface area (Å²) in [6, 6.07) is 0. The van der Waals surface area contributed by atoms with E-state index in [1.165, 1.54) is 23.3 Å². The van der Waals surface area contributed by atoms with E-state index in [0.717, 1.165) is 35.9 Å². The first-order chi connectivity index (χ1) is 9.10. The maximum Gasteiger partial charge on any atom is 0.263 e. The third-order valence-electron chi connectivity index (χ3n) is 4.53. The Morgan fingerprint density at radius 1 is 1.32 bits per heavy atom. The average molecular weight is 292 g/mol. The molecule has 1 fully saturated rings. The molecule has 0 radical (unpaired) electrons. The second kappa shape index (κ2) is 3.79. The van der Waals surface area contributed by atoms with Crippen LogP contribution in [0.15, 0.2) is 4.79 Å². The highest BCUT2D eigenvalue weighted by Crippen LogP contribution is 2.42. The van der Waals surface area contributed by atoms with E-state index >= 15 is 0 Å². The van der Waals surface area contributed by atoms with Crippen molar-refractivity contribution in [1.29, 1.82) is 0 Å². The zero-order chi connectivity index (χ0) is 13.2. The monoisotopic (exact) mass is 292 g/mol. The predicted octanol–water partition coefficient (Wildman–Crippen LogP) is 3.51. The van der Waals surface area contributed by atoms with Gasteiger partial charge in [0, 0.05) is 10.4 Å². The lowest BCUT2D eigenvalue weighted by Gasteiger charge is -2.14. The number of thiophene rings is 1. The van der Waals surface area contributed by atoms with Crippen molar-refractivity contribution in [2.75, 3.05) is 0 Å². The molecule has 2 aromatic rings. The van der Waals surface area contributed by atoms with Gasteiger partial charge in [-0.15, -0.1) is 11.3 Å². The maximum atomic E-state index is 12.9. The first kappa shape index (κ1) is 11.9. The summed E-state index contributed by atoms with van der Waals surface area (Å²) in [4.78, 5) is 18.5. The van der Waals surface area contributed by atoms with Crippen LogP contribution in [-0.4, -0.2) is 9.55 Å². The van der Waals surface area contributed by atoms with Crippen LogP contribution >= 0.6 is 23.6 Å². The largest absolute Gasteiger partial charge is 0.323 e. The van der Waals surface area contributed by atoms with Crippen molar-refractivity contribution < 1.29 is 0 Å². The Bertz CT molecular complexity index is 792. The van der Waals surface area contributed by atoms with Crippen molar-refractivity contribution in [3.8, 4) is 0 Å². The zero-order valence-electron chi connectivity index (χ0n) is 10.9. The molecule has 2 aromatic heterocycles. The molecule has 1 N–H and O–H groups in total. The molecule has 0 aliphatic heterocycles. The van der Waals surface area contributed by atoms with Gasteiger partial charge in [-0.25, -0.2) is 0 Å². The molecule has 0 atom stereocenters. The highest BCUT2D eigenvalue weighted by Gasteiger charge is 2.41. The van der Waals surface area contributed by atoms with Gasteiger partial charge in [-0.1, -0.05) is 0 Å². The molecule has 4 rings (SSSR count). The highest BCUT2D eigenvalue weighted by molar-refractivity contribution is 7.71. The number of H-pyrrole nitrogens is 1. The molecule has 0 aromatic carbocycles. The van der Waals surface area contributed by atoms with Gasteiger partial charge in [0.2, 0.25) is 0 Å². The summed E-state index contributed by atoms with van der Waals surface area (Å²) in [6.45, 7) is 2.13. The van der Waals surface area contributed by atoms with Crippen molar-refractivity contribution in [2.45, 2.75) is 51.0 Å². The van der Waals surface area contributed by atoms with Crippen molar-refractivity contribution >= 4 is 33.8 Å². The summed E-state index contributed by atoms with van der Waals surface area (Å²) in [5, 5.41) is 0.918. The first-order valence-corrected chi connectivity index (χ1v) is 8.13. The van der Waals surface area contributed by atoms with Gasteiger partial charge < -0.3 is 4.98 Å².